The molecule has 1 heterocycles. The summed E-state index contributed by atoms with van der Waals surface area (Å²) >= 11 is 3.31. The molecule has 0 aliphatic rings. The normalized spacial score (nSPS) is 10.8. The number of aromatic nitrogens is 1. The van der Waals surface area contributed by atoms with Crippen molar-refractivity contribution in [2.75, 3.05) is 5.73 Å². The standard InChI is InChI=1S/C12H12BrFN2O/c1-2-3-9-11(17-16-12(9)15)8-5-4-7(14)6-10(8)13/h4-6H,2-3H2,1H3,(H2,15,16). The van der Waals surface area contributed by atoms with Gasteiger partial charge in [-0.3, -0.25) is 0 Å². The Morgan fingerprint density at radius 1 is 1.47 bits per heavy atom. The SMILES string of the molecule is CCCc1c(N)noc1-c1ccc(F)cc1Br. The first kappa shape index (κ1) is 12.1. The van der Waals surface area contributed by atoms with Crippen LogP contribution >= 0.6 is 15.9 Å². The van der Waals surface area contributed by atoms with Crippen molar-refractivity contribution in [1.29, 1.82) is 0 Å². The molecule has 0 aliphatic heterocycles. The van der Waals surface area contributed by atoms with E-state index >= 15 is 0 Å². The number of nitrogens with two attached hydrogens (primary N) is 1. The van der Waals surface area contributed by atoms with Gasteiger partial charge in [-0.25, -0.2) is 4.39 Å². The minimum absolute atomic E-state index is 0.301. The Morgan fingerprint density at radius 2 is 2.24 bits per heavy atom. The van der Waals surface area contributed by atoms with Gasteiger partial charge < -0.3 is 10.3 Å². The third-order valence-electron chi connectivity index (χ3n) is 2.49. The monoisotopic (exact) mass is 298 g/mol. The van der Waals surface area contributed by atoms with E-state index in [0.29, 0.717) is 16.1 Å². The van der Waals surface area contributed by atoms with Crippen LogP contribution in [0.4, 0.5) is 10.2 Å². The molecule has 0 bridgehead atoms. The van der Waals surface area contributed by atoms with Gasteiger partial charge in [0.1, 0.15) is 5.82 Å². The minimum Gasteiger partial charge on any atom is -0.381 e. The first-order chi connectivity index (χ1) is 8.13. The molecule has 0 radical (unpaired) electrons. The molecule has 0 fully saturated rings. The summed E-state index contributed by atoms with van der Waals surface area (Å²) in [5.41, 5.74) is 7.39. The second kappa shape index (κ2) is 4.87. The minimum atomic E-state index is -0.301. The van der Waals surface area contributed by atoms with Crippen LogP contribution < -0.4 is 5.73 Å². The molecule has 2 rings (SSSR count). The van der Waals surface area contributed by atoms with E-state index in [-0.39, 0.29) is 5.82 Å². The lowest BCUT2D eigenvalue weighted by Crippen LogP contribution is -1.93. The Bertz CT molecular complexity index is 539. The van der Waals surface area contributed by atoms with Gasteiger partial charge in [-0.2, -0.15) is 0 Å². The second-order valence-electron chi connectivity index (χ2n) is 3.75. The zero-order valence-electron chi connectivity index (χ0n) is 9.34. The average molecular weight is 299 g/mol. The maximum absolute atomic E-state index is 13.0. The number of benzene rings is 1. The summed E-state index contributed by atoms with van der Waals surface area (Å²) < 4.78 is 18.9. The highest BCUT2D eigenvalue weighted by Crippen LogP contribution is 2.34. The average Bonchev–Trinajstić information content (AvgIpc) is 2.62. The Hall–Kier alpha value is -1.36. The van der Waals surface area contributed by atoms with E-state index in [0.717, 1.165) is 24.0 Å². The number of hydrogen-bond acceptors (Lipinski definition) is 3. The Morgan fingerprint density at radius 3 is 2.88 bits per heavy atom. The molecule has 0 spiro atoms. The first-order valence-corrected chi connectivity index (χ1v) is 6.12. The van der Waals surface area contributed by atoms with E-state index in [4.69, 9.17) is 10.3 Å². The Labute approximate surface area is 107 Å². The Kier molecular flexibility index (Phi) is 3.47. The summed E-state index contributed by atoms with van der Waals surface area (Å²) in [6, 6.07) is 4.43. The molecule has 2 aromatic rings. The third kappa shape index (κ3) is 2.34. The molecule has 0 aliphatic carbocycles. The maximum atomic E-state index is 13.0. The topological polar surface area (TPSA) is 52.0 Å². The zero-order valence-corrected chi connectivity index (χ0v) is 10.9. The molecule has 0 saturated heterocycles. The molecule has 0 amide bonds. The van der Waals surface area contributed by atoms with Gasteiger partial charge in [0.15, 0.2) is 11.6 Å². The molecule has 2 N–H and O–H groups in total. The molecule has 1 aromatic carbocycles. The molecule has 0 saturated carbocycles. The van der Waals surface area contributed by atoms with E-state index < -0.39 is 0 Å². The van der Waals surface area contributed by atoms with Crippen molar-refractivity contribution in [2.45, 2.75) is 19.8 Å². The molecule has 0 unspecified atom stereocenters. The zero-order chi connectivity index (χ0) is 12.4. The van der Waals surface area contributed by atoms with Crippen molar-refractivity contribution in [3.8, 4) is 11.3 Å². The molecule has 1 aromatic heterocycles. The molecule has 5 heteroatoms. The third-order valence-corrected chi connectivity index (χ3v) is 3.15. The van der Waals surface area contributed by atoms with E-state index in [1.165, 1.54) is 12.1 Å². The van der Waals surface area contributed by atoms with Gasteiger partial charge in [0.25, 0.3) is 0 Å². The van der Waals surface area contributed by atoms with E-state index in [1.807, 2.05) is 0 Å². The number of anilines is 1. The summed E-state index contributed by atoms with van der Waals surface area (Å²) in [5, 5.41) is 3.76. The van der Waals surface area contributed by atoms with Gasteiger partial charge in [0.05, 0.1) is 0 Å². The lowest BCUT2D eigenvalue weighted by molar-refractivity contribution is 0.434. The highest BCUT2D eigenvalue weighted by Gasteiger charge is 2.17. The number of hydrogen-bond donors (Lipinski definition) is 1. The van der Waals surface area contributed by atoms with Crippen molar-refractivity contribution in [3.63, 3.8) is 0 Å². The molecule has 17 heavy (non-hydrogen) atoms. The van der Waals surface area contributed by atoms with Crippen LogP contribution in [0.25, 0.3) is 11.3 Å². The van der Waals surface area contributed by atoms with Gasteiger partial charge in [0.2, 0.25) is 0 Å². The largest absolute Gasteiger partial charge is 0.381 e. The molecule has 0 atom stereocenters. The number of rotatable bonds is 3. The van der Waals surface area contributed by atoms with E-state index in [2.05, 4.69) is 28.0 Å². The summed E-state index contributed by atoms with van der Waals surface area (Å²) in [6.45, 7) is 2.05. The van der Waals surface area contributed by atoms with Crippen LogP contribution in [0.15, 0.2) is 27.2 Å². The van der Waals surface area contributed by atoms with Crippen LogP contribution in [0, 0.1) is 5.82 Å². The second-order valence-corrected chi connectivity index (χ2v) is 4.60. The quantitative estimate of drug-likeness (QED) is 0.938. The van der Waals surface area contributed by atoms with Gasteiger partial charge in [0, 0.05) is 15.6 Å². The van der Waals surface area contributed by atoms with Crippen molar-refractivity contribution < 1.29 is 8.91 Å². The fourth-order valence-electron chi connectivity index (χ4n) is 1.70. The molecular weight excluding hydrogens is 287 g/mol. The lowest BCUT2D eigenvalue weighted by Gasteiger charge is -2.03. The fraction of sp³-hybridized carbons (Fsp3) is 0.250. The number of nitrogen functional groups attached to an aromatic ring is 1. The van der Waals surface area contributed by atoms with Gasteiger partial charge in [-0.05, 0) is 40.5 Å². The van der Waals surface area contributed by atoms with Crippen LogP contribution in [0.1, 0.15) is 18.9 Å². The Balaban J connectivity index is 2.52. The first-order valence-electron chi connectivity index (χ1n) is 5.33. The summed E-state index contributed by atoms with van der Waals surface area (Å²) in [6.07, 6.45) is 1.73. The van der Waals surface area contributed by atoms with Crippen LogP contribution in [0.2, 0.25) is 0 Å². The number of halogens is 2. The van der Waals surface area contributed by atoms with Gasteiger partial charge in [-0.15, -0.1) is 0 Å². The smallest absolute Gasteiger partial charge is 0.173 e. The summed E-state index contributed by atoms with van der Waals surface area (Å²) in [5.74, 6) is 0.708. The van der Waals surface area contributed by atoms with Crippen molar-refractivity contribution in [3.05, 3.63) is 34.1 Å². The summed E-state index contributed by atoms with van der Waals surface area (Å²) in [4.78, 5) is 0. The predicted octanol–water partition coefficient (Wildman–Crippen LogP) is 3.78. The molecule has 3 nitrogen and oxygen atoms in total. The van der Waals surface area contributed by atoms with E-state index in [1.54, 1.807) is 6.07 Å². The molecule has 90 valence electrons. The van der Waals surface area contributed by atoms with Crippen LogP contribution in [0.3, 0.4) is 0 Å². The highest BCUT2D eigenvalue weighted by molar-refractivity contribution is 9.10. The van der Waals surface area contributed by atoms with Crippen molar-refractivity contribution in [1.82, 2.24) is 5.16 Å². The van der Waals surface area contributed by atoms with Crippen molar-refractivity contribution in [2.24, 2.45) is 0 Å². The van der Waals surface area contributed by atoms with Crippen LogP contribution in [0.5, 0.6) is 0 Å². The van der Waals surface area contributed by atoms with Crippen molar-refractivity contribution >= 4 is 21.7 Å². The fourth-order valence-corrected chi connectivity index (χ4v) is 2.23. The maximum Gasteiger partial charge on any atom is 0.173 e. The lowest BCUT2D eigenvalue weighted by atomic mass is 10.0. The highest BCUT2D eigenvalue weighted by atomic mass is 79.9. The van der Waals surface area contributed by atoms with Gasteiger partial charge in [-0.1, -0.05) is 18.5 Å². The van der Waals surface area contributed by atoms with E-state index in [9.17, 15) is 4.39 Å². The van der Waals surface area contributed by atoms with Crippen LogP contribution in [-0.2, 0) is 6.42 Å². The number of nitrogens with zero attached hydrogens (tertiary/aromatic N) is 1. The molecular formula is C12H12BrFN2O. The predicted molar refractivity (Wildman–Crippen MR) is 68.0 cm³/mol. The van der Waals surface area contributed by atoms with Gasteiger partial charge >= 0.3 is 0 Å². The summed E-state index contributed by atoms with van der Waals surface area (Å²) in [7, 11) is 0. The van der Waals surface area contributed by atoms with Crippen LogP contribution in [-0.4, -0.2) is 5.16 Å².